The minimum Gasteiger partial charge on any atom is -0.493 e. The minimum atomic E-state index is 0.0874. The van der Waals surface area contributed by atoms with Crippen LogP contribution in [0, 0.1) is 0 Å². The molecule has 4 heteroatoms. The van der Waals surface area contributed by atoms with Crippen molar-refractivity contribution in [2.75, 3.05) is 19.8 Å². The van der Waals surface area contributed by atoms with Gasteiger partial charge in [0.15, 0.2) is 0 Å². The molecule has 0 fully saturated rings. The average molecular weight is 327 g/mol. The van der Waals surface area contributed by atoms with Gasteiger partial charge in [-0.15, -0.1) is 0 Å². The van der Waals surface area contributed by atoms with E-state index in [4.69, 9.17) is 9.47 Å². The van der Waals surface area contributed by atoms with Crippen LogP contribution >= 0.6 is 0 Å². The van der Waals surface area contributed by atoms with Crippen molar-refractivity contribution in [3.63, 3.8) is 0 Å². The third-order valence-electron chi connectivity index (χ3n) is 5.25. The molecule has 0 spiro atoms. The smallest absolute Gasteiger partial charge is 0.224 e. The highest BCUT2D eigenvalue weighted by Gasteiger charge is 2.27. The maximum Gasteiger partial charge on any atom is 0.224 e. The Morgan fingerprint density at radius 1 is 1.12 bits per heavy atom. The van der Waals surface area contributed by atoms with Crippen LogP contribution in [0.4, 0.5) is 0 Å². The molecular formula is C20H25NO3. The molecule has 1 amide bonds. The monoisotopic (exact) mass is 327 g/mol. The van der Waals surface area contributed by atoms with Gasteiger partial charge in [-0.25, -0.2) is 0 Å². The first-order valence-electron chi connectivity index (χ1n) is 9.19. The van der Waals surface area contributed by atoms with Gasteiger partial charge in [0, 0.05) is 36.1 Å². The highest BCUT2D eigenvalue weighted by atomic mass is 16.5. The highest BCUT2D eigenvalue weighted by molar-refractivity contribution is 5.80. The summed E-state index contributed by atoms with van der Waals surface area (Å²) < 4.78 is 11.5. The summed E-state index contributed by atoms with van der Waals surface area (Å²) in [5, 5.41) is 3.08. The van der Waals surface area contributed by atoms with Crippen LogP contribution in [-0.2, 0) is 24.1 Å². The van der Waals surface area contributed by atoms with Crippen molar-refractivity contribution in [3.05, 3.63) is 34.4 Å². The molecule has 1 N–H and O–H groups in total. The molecule has 1 aromatic rings. The van der Waals surface area contributed by atoms with Gasteiger partial charge < -0.3 is 14.8 Å². The number of rotatable bonds is 5. The number of carbonyl (C=O) groups is 1. The molecule has 1 aromatic carbocycles. The maximum absolute atomic E-state index is 12.4. The molecule has 2 heterocycles. The van der Waals surface area contributed by atoms with Crippen molar-refractivity contribution in [2.24, 2.45) is 0 Å². The molecule has 128 valence electrons. The zero-order chi connectivity index (χ0) is 16.4. The Labute approximate surface area is 143 Å². The summed E-state index contributed by atoms with van der Waals surface area (Å²) in [6.45, 7) is 2.15. The molecule has 0 radical (unpaired) electrons. The lowest BCUT2D eigenvalue weighted by molar-refractivity contribution is -0.120. The standard InChI is InChI=1S/C20H25NO3/c22-19(21-9-6-14-4-2-1-3-5-14)13-17-16-8-11-23-18(16)12-15-7-10-24-20(15)17/h4,12H,1-3,5-11,13H2,(H,21,22). The number of hydrogen-bond donors (Lipinski definition) is 1. The van der Waals surface area contributed by atoms with Crippen LogP contribution in [0.1, 0.15) is 48.8 Å². The number of nitrogens with one attached hydrogen (secondary N) is 1. The predicted molar refractivity (Wildman–Crippen MR) is 92.7 cm³/mol. The molecule has 3 aliphatic rings. The third kappa shape index (κ3) is 3.14. The van der Waals surface area contributed by atoms with Crippen LogP contribution in [0.3, 0.4) is 0 Å². The van der Waals surface area contributed by atoms with E-state index in [0.29, 0.717) is 19.6 Å². The van der Waals surface area contributed by atoms with E-state index in [1.54, 1.807) is 0 Å². The van der Waals surface area contributed by atoms with Gasteiger partial charge in [0.05, 0.1) is 19.6 Å². The molecule has 24 heavy (non-hydrogen) atoms. The molecule has 0 atom stereocenters. The number of amides is 1. The molecule has 0 unspecified atom stereocenters. The Morgan fingerprint density at radius 3 is 2.92 bits per heavy atom. The summed E-state index contributed by atoms with van der Waals surface area (Å²) in [7, 11) is 0. The van der Waals surface area contributed by atoms with Crippen LogP contribution in [0.5, 0.6) is 11.5 Å². The van der Waals surface area contributed by atoms with Gasteiger partial charge in [-0.05, 0) is 38.2 Å². The zero-order valence-corrected chi connectivity index (χ0v) is 14.2. The SMILES string of the molecule is O=C(Cc1c2c(cc3c1OCC3)OCC2)NCCC1=CCCCC1. The Kier molecular flexibility index (Phi) is 4.46. The molecular weight excluding hydrogens is 302 g/mol. The summed E-state index contributed by atoms with van der Waals surface area (Å²) in [6.07, 6.45) is 10.5. The first-order valence-corrected chi connectivity index (χ1v) is 9.19. The van der Waals surface area contributed by atoms with Crippen LogP contribution in [0.15, 0.2) is 17.7 Å². The second-order valence-corrected chi connectivity index (χ2v) is 6.90. The van der Waals surface area contributed by atoms with E-state index in [-0.39, 0.29) is 5.91 Å². The van der Waals surface area contributed by atoms with E-state index >= 15 is 0 Å². The van der Waals surface area contributed by atoms with Crippen molar-refractivity contribution < 1.29 is 14.3 Å². The van der Waals surface area contributed by atoms with E-state index in [1.165, 1.54) is 42.4 Å². The Hall–Kier alpha value is -1.97. The van der Waals surface area contributed by atoms with Crippen LogP contribution in [0.2, 0.25) is 0 Å². The van der Waals surface area contributed by atoms with Crippen molar-refractivity contribution >= 4 is 5.91 Å². The van der Waals surface area contributed by atoms with E-state index in [2.05, 4.69) is 17.5 Å². The van der Waals surface area contributed by atoms with Gasteiger partial charge in [-0.3, -0.25) is 4.79 Å². The second kappa shape index (κ2) is 6.88. The summed E-state index contributed by atoms with van der Waals surface area (Å²) in [5.41, 5.74) is 4.90. The minimum absolute atomic E-state index is 0.0874. The quantitative estimate of drug-likeness (QED) is 0.845. The van der Waals surface area contributed by atoms with Gasteiger partial charge in [0.25, 0.3) is 0 Å². The molecule has 0 saturated carbocycles. The fourth-order valence-corrected chi connectivity index (χ4v) is 3.99. The van der Waals surface area contributed by atoms with E-state index in [9.17, 15) is 4.79 Å². The number of fused-ring (bicyclic) bond motifs is 2. The summed E-state index contributed by atoms with van der Waals surface area (Å²) >= 11 is 0. The van der Waals surface area contributed by atoms with Crippen molar-refractivity contribution in [1.29, 1.82) is 0 Å². The fraction of sp³-hybridized carbons (Fsp3) is 0.550. The van der Waals surface area contributed by atoms with E-state index in [1.807, 2.05) is 0 Å². The van der Waals surface area contributed by atoms with Crippen molar-refractivity contribution in [3.8, 4) is 11.5 Å². The Balaban J connectivity index is 1.40. The van der Waals surface area contributed by atoms with Crippen molar-refractivity contribution in [1.82, 2.24) is 5.32 Å². The molecule has 0 aromatic heterocycles. The van der Waals surface area contributed by atoms with Crippen LogP contribution in [0.25, 0.3) is 0 Å². The normalized spacial score (nSPS) is 18.2. The number of ether oxygens (including phenoxy) is 2. The molecule has 4 nitrogen and oxygen atoms in total. The fourth-order valence-electron chi connectivity index (χ4n) is 3.99. The topological polar surface area (TPSA) is 47.6 Å². The Morgan fingerprint density at radius 2 is 2.04 bits per heavy atom. The number of allylic oxidation sites excluding steroid dienone is 1. The second-order valence-electron chi connectivity index (χ2n) is 6.90. The number of benzene rings is 1. The molecule has 1 aliphatic carbocycles. The van der Waals surface area contributed by atoms with Gasteiger partial charge in [-0.2, -0.15) is 0 Å². The molecule has 0 saturated heterocycles. The van der Waals surface area contributed by atoms with E-state index in [0.717, 1.165) is 42.9 Å². The van der Waals surface area contributed by atoms with Gasteiger partial charge in [0.2, 0.25) is 5.91 Å². The van der Waals surface area contributed by atoms with E-state index < -0.39 is 0 Å². The zero-order valence-electron chi connectivity index (χ0n) is 14.2. The lowest BCUT2D eigenvalue weighted by atomic mass is 9.96. The summed E-state index contributed by atoms with van der Waals surface area (Å²) in [6, 6.07) is 2.10. The van der Waals surface area contributed by atoms with Crippen LogP contribution in [-0.4, -0.2) is 25.7 Å². The van der Waals surface area contributed by atoms with Crippen LogP contribution < -0.4 is 14.8 Å². The molecule has 2 aliphatic heterocycles. The van der Waals surface area contributed by atoms with Gasteiger partial charge >= 0.3 is 0 Å². The first-order chi connectivity index (χ1) is 11.8. The number of carbonyl (C=O) groups excluding carboxylic acids is 1. The largest absolute Gasteiger partial charge is 0.493 e. The van der Waals surface area contributed by atoms with Gasteiger partial charge in [-0.1, -0.05) is 11.6 Å². The number of hydrogen-bond acceptors (Lipinski definition) is 3. The molecule has 4 rings (SSSR count). The average Bonchev–Trinajstić information content (AvgIpc) is 3.24. The maximum atomic E-state index is 12.4. The van der Waals surface area contributed by atoms with Gasteiger partial charge in [0.1, 0.15) is 11.5 Å². The van der Waals surface area contributed by atoms with Crippen molar-refractivity contribution in [2.45, 2.75) is 51.4 Å². The summed E-state index contributed by atoms with van der Waals surface area (Å²) in [5.74, 6) is 1.98. The lowest BCUT2D eigenvalue weighted by Gasteiger charge is -2.14. The highest BCUT2D eigenvalue weighted by Crippen LogP contribution is 2.40. The molecule has 0 bridgehead atoms. The predicted octanol–water partition coefficient (Wildman–Crippen LogP) is 3.11. The Bertz CT molecular complexity index is 646. The summed E-state index contributed by atoms with van der Waals surface area (Å²) in [4.78, 5) is 12.4. The first kappa shape index (κ1) is 15.6. The third-order valence-corrected chi connectivity index (χ3v) is 5.25. The lowest BCUT2D eigenvalue weighted by Crippen LogP contribution is -2.27.